The monoisotopic (exact) mass is 293 g/mol. The van der Waals surface area contributed by atoms with Gasteiger partial charge in [-0.1, -0.05) is 0 Å². The number of hydrogen-bond acceptors (Lipinski definition) is 4. The Morgan fingerprint density at radius 1 is 1.43 bits per heavy atom. The molecule has 3 heterocycles. The van der Waals surface area contributed by atoms with Crippen LogP contribution in [0, 0.1) is 12.8 Å². The molecular formula is C15H19NO5. The third kappa shape index (κ3) is 2.55. The molecule has 1 N–H and O–H groups in total. The molecule has 3 atom stereocenters. The molecule has 21 heavy (non-hydrogen) atoms. The van der Waals surface area contributed by atoms with Crippen molar-refractivity contribution in [1.29, 1.82) is 0 Å². The highest BCUT2D eigenvalue weighted by atomic mass is 16.5. The summed E-state index contributed by atoms with van der Waals surface area (Å²) in [5, 5.41) is 9.01. The van der Waals surface area contributed by atoms with Crippen LogP contribution in [-0.4, -0.2) is 41.1 Å². The lowest BCUT2D eigenvalue weighted by Gasteiger charge is -2.24. The van der Waals surface area contributed by atoms with Crippen molar-refractivity contribution in [3.63, 3.8) is 0 Å². The standard InChI is InChI=1S/C15H19NO5/c1-8-11(15(18)19)6-10(20-8)7-16(2)14(17)12-5-9-3-4-13(12)21-9/h6,9,12-13H,3-5,7H2,1-2H3,(H,18,19). The molecule has 2 bridgehead atoms. The van der Waals surface area contributed by atoms with Crippen molar-refractivity contribution in [1.82, 2.24) is 4.90 Å². The van der Waals surface area contributed by atoms with E-state index in [0.29, 0.717) is 11.5 Å². The van der Waals surface area contributed by atoms with E-state index in [0.717, 1.165) is 19.3 Å². The molecule has 2 saturated heterocycles. The summed E-state index contributed by atoms with van der Waals surface area (Å²) >= 11 is 0. The minimum absolute atomic E-state index is 0.0492. The van der Waals surface area contributed by atoms with Crippen molar-refractivity contribution in [3.05, 3.63) is 23.2 Å². The van der Waals surface area contributed by atoms with Crippen molar-refractivity contribution < 1.29 is 23.8 Å². The number of amides is 1. The zero-order valence-corrected chi connectivity index (χ0v) is 12.2. The molecule has 0 saturated carbocycles. The number of hydrogen-bond donors (Lipinski definition) is 1. The first-order valence-electron chi connectivity index (χ1n) is 7.18. The van der Waals surface area contributed by atoms with Crippen molar-refractivity contribution in [2.75, 3.05) is 7.05 Å². The molecule has 1 aromatic heterocycles. The highest BCUT2D eigenvalue weighted by Gasteiger charge is 2.45. The second kappa shape index (κ2) is 5.18. The summed E-state index contributed by atoms with van der Waals surface area (Å²) in [6.07, 6.45) is 3.10. The maximum atomic E-state index is 12.5. The van der Waals surface area contributed by atoms with Gasteiger partial charge in [-0.25, -0.2) is 4.79 Å². The highest BCUT2D eigenvalue weighted by molar-refractivity contribution is 5.88. The molecular weight excluding hydrogens is 274 g/mol. The van der Waals surface area contributed by atoms with Crippen molar-refractivity contribution in [2.45, 2.75) is 44.9 Å². The van der Waals surface area contributed by atoms with E-state index in [1.54, 1.807) is 18.9 Å². The van der Waals surface area contributed by atoms with Crippen molar-refractivity contribution in [2.24, 2.45) is 5.92 Å². The average Bonchev–Trinajstić information content (AvgIpc) is 3.12. The number of fused-ring (bicyclic) bond motifs is 2. The van der Waals surface area contributed by atoms with Crippen LogP contribution in [0.3, 0.4) is 0 Å². The Kier molecular flexibility index (Phi) is 3.49. The van der Waals surface area contributed by atoms with Gasteiger partial charge in [0.1, 0.15) is 17.1 Å². The number of rotatable bonds is 4. The Bertz CT molecular complexity index is 579. The van der Waals surface area contributed by atoms with Crippen LogP contribution >= 0.6 is 0 Å². The van der Waals surface area contributed by atoms with Gasteiger partial charge in [0.15, 0.2) is 0 Å². The maximum Gasteiger partial charge on any atom is 0.339 e. The quantitative estimate of drug-likeness (QED) is 0.915. The molecule has 3 unspecified atom stereocenters. The van der Waals surface area contributed by atoms with E-state index in [-0.39, 0.29) is 36.1 Å². The number of carbonyl (C=O) groups is 2. The molecule has 0 aromatic carbocycles. The van der Waals surface area contributed by atoms with Gasteiger partial charge >= 0.3 is 5.97 Å². The van der Waals surface area contributed by atoms with Crippen molar-refractivity contribution in [3.8, 4) is 0 Å². The third-order valence-electron chi connectivity index (χ3n) is 4.39. The molecule has 6 heteroatoms. The van der Waals surface area contributed by atoms with Crippen LogP contribution in [0.2, 0.25) is 0 Å². The topological polar surface area (TPSA) is 80.0 Å². The first-order valence-corrected chi connectivity index (χ1v) is 7.18. The van der Waals surface area contributed by atoms with E-state index in [4.69, 9.17) is 14.3 Å². The predicted octanol–water partition coefficient (Wildman–Crippen LogP) is 1.81. The minimum atomic E-state index is -1.02. The smallest absolute Gasteiger partial charge is 0.339 e. The van der Waals surface area contributed by atoms with E-state index in [9.17, 15) is 9.59 Å². The number of nitrogens with zero attached hydrogens (tertiary/aromatic N) is 1. The van der Waals surface area contributed by atoms with Crippen LogP contribution < -0.4 is 0 Å². The maximum absolute atomic E-state index is 12.5. The number of ether oxygens (including phenoxy) is 1. The number of carboxylic acid groups (broad SMARTS) is 1. The van der Waals surface area contributed by atoms with Crippen molar-refractivity contribution >= 4 is 11.9 Å². The molecule has 114 valence electrons. The fourth-order valence-electron chi connectivity index (χ4n) is 3.33. The van der Waals surface area contributed by atoms with Gasteiger partial charge in [0.25, 0.3) is 0 Å². The SMILES string of the molecule is Cc1oc(CN(C)C(=O)C2CC3CCC2O3)cc1C(=O)O. The van der Waals surface area contributed by atoms with Crippen LogP contribution in [0.5, 0.6) is 0 Å². The summed E-state index contributed by atoms with van der Waals surface area (Å²) < 4.78 is 11.1. The zero-order valence-electron chi connectivity index (χ0n) is 12.2. The molecule has 0 spiro atoms. The molecule has 3 rings (SSSR count). The van der Waals surface area contributed by atoms with Gasteiger partial charge in [-0.15, -0.1) is 0 Å². The van der Waals surface area contributed by atoms with Gasteiger partial charge in [-0.3, -0.25) is 4.79 Å². The van der Waals surface area contributed by atoms with Gasteiger partial charge in [0, 0.05) is 7.05 Å². The Labute approximate surface area is 122 Å². The second-order valence-corrected chi connectivity index (χ2v) is 5.90. The van der Waals surface area contributed by atoms with E-state index < -0.39 is 5.97 Å². The summed E-state index contributed by atoms with van der Waals surface area (Å²) in [5.74, 6) is -0.179. The Morgan fingerprint density at radius 3 is 2.71 bits per heavy atom. The van der Waals surface area contributed by atoms with Crippen LogP contribution in [-0.2, 0) is 16.1 Å². The molecule has 0 radical (unpaired) electrons. The van der Waals surface area contributed by atoms with E-state index in [2.05, 4.69) is 0 Å². The average molecular weight is 293 g/mol. The minimum Gasteiger partial charge on any atom is -0.478 e. The largest absolute Gasteiger partial charge is 0.478 e. The molecule has 2 aliphatic rings. The number of aromatic carboxylic acids is 1. The molecule has 0 aliphatic carbocycles. The van der Waals surface area contributed by atoms with Crippen LogP contribution in [0.25, 0.3) is 0 Å². The summed E-state index contributed by atoms with van der Waals surface area (Å²) in [6.45, 7) is 1.89. The van der Waals surface area contributed by atoms with E-state index in [1.165, 1.54) is 6.07 Å². The Morgan fingerprint density at radius 2 is 2.19 bits per heavy atom. The fourth-order valence-corrected chi connectivity index (χ4v) is 3.33. The number of carbonyl (C=O) groups excluding carboxylic acids is 1. The molecule has 1 aromatic rings. The van der Waals surface area contributed by atoms with E-state index in [1.807, 2.05) is 0 Å². The van der Waals surface area contributed by atoms with Gasteiger partial charge in [-0.05, 0) is 32.3 Å². The van der Waals surface area contributed by atoms with Gasteiger partial charge in [0.05, 0.1) is 24.7 Å². The number of aryl methyl sites for hydroxylation is 1. The van der Waals surface area contributed by atoms with Crippen LogP contribution in [0.1, 0.15) is 41.1 Å². The fraction of sp³-hybridized carbons (Fsp3) is 0.600. The third-order valence-corrected chi connectivity index (χ3v) is 4.39. The lowest BCUT2D eigenvalue weighted by molar-refractivity contribution is -0.136. The predicted molar refractivity (Wildman–Crippen MR) is 72.9 cm³/mol. The summed E-state index contributed by atoms with van der Waals surface area (Å²) in [6, 6.07) is 1.48. The second-order valence-electron chi connectivity index (χ2n) is 5.90. The van der Waals surface area contributed by atoms with Gasteiger partial charge < -0.3 is 19.2 Å². The zero-order chi connectivity index (χ0) is 15.1. The van der Waals surface area contributed by atoms with Crippen LogP contribution in [0.15, 0.2) is 10.5 Å². The van der Waals surface area contributed by atoms with Crippen LogP contribution in [0.4, 0.5) is 0 Å². The molecule has 2 fully saturated rings. The summed E-state index contributed by atoms with van der Waals surface area (Å²) in [5.41, 5.74) is 0.147. The summed E-state index contributed by atoms with van der Waals surface area (Å²) in [7, 11) is 1.71. The first-order chi connectivity index (χ1) is 9.95. The Hall–Kier alpha value is -1.82. The van der Waals surface area contributed by atoms with Gasteiger partial charge in [0.2, 0.25) is 5.91 Å². The number of carboxylic acids is 1. The molecule has 2 aliphatic heterocycles. The normalized spacial score (nSPS) is 27.0. The number of furan rings is 1. The first kappa shape index (κ1) is 14.1. The van der Waals surface area contributed by atoms with E-state index >= 15 is 0 Å². The molecule has 1 amide bonds. The molecule has 6 nitrogen and oxygen atoms in total. The lowest BCUT2D eigenvalue weighted by Crippen LogP contribution is -2.37. The Balaban J connectivity index is 1.66. The highest BCUT2D eigenvalue weighted by Crippen LogP contribution is 2.39. The lowest BCUT2D eigenvalue weighted by atomic mass is 9.88. The summed E-state index contributed by atoms with van der Waals surface area (Å²) in [4.78, 5) is 25.0. The van der Waals surface area contributed by atoms with Gasteiger partial charge in [-0.2, -0.15) is 0 Å².